The molecule has 0 spiro atoms. The molecule has 3 N–H and O–H groups in total. The molecule has 0 atom stereocenters. The largest absolute Gasteiger partial charge is 0.492 e. The van der Waals surface area contributed by atoms with Crippen molar-refractivity contribution in [3.05, 3.63) is 52.8 Å². The van der Waals surface area contributed by atoms with Gasteiger partial charge in [0.2, 0.25) is 5.91 Å². The van der Waals surface area contributed by atoms with Gasteiger partial charge in [-0.15, -0.1) is 0 Å². The van der Waals surface area contributed by atoms with Crippen molar-refractivity contribution in [3.63, 3.8) is 0 Å². The molecule has 0 radical (unpaired) electrons. The van der Waals surface area contributed by atoms with Crippen LogP contribution in [0.1, 0.15) is 6.42 Å². The molecular formula is C15H14BrFN2O2. The summed E-state index contributed by atoms with van der Waals surface area (Å²) in [4.78, 5) is 11.8. The van der Waals surface area contributed by atoms with Crippen LogP contribution >= 0.6 is 15.9 Å². The highest BCUT2D eigenvalue weighted by Gasteiger charge is 2.07. The number of amides is 1. The van der Waals surface area contributed by atoms with E-state index in [4.69, 9.17) is 10.5 Å². The van der Waals surface area contributed by atoms with Gasteiger partial charge in [-0.3, -0.25) is 4.79 Å². The number of para-hydroxylation sites is 2. The Morgan fingerprint density at radius 2 is 2.05 bits per heavy atom. The maximum atomic E-state index is 12.9. The first-order chi connectivity index (χ1) is 10.1. The minimum atomic E-state index is -0.355. The lowest BCUT2D eigenvalue weighted by atomic mass is 10.2. The Labute approximate surface area is 130 Å². The zero-order chi connectivity index (χ0) is 15.2. The quantitative estimate of drug-likeness (QED) is 0.808. The molecule has 2 rings (SSSR count). The third-order valence-electron chi connectivity index (χ3n) is 2.72. The third kappa shape index (κ3) is 4.46. The highest BCUT2D eigenvalue weighted by atomic mass is 79.9. The topological polar surface area (TPSA) is 64.3 Å². The number of nitrogens with two attached hydrogens (primary N) is 1. The van der Waals surface area contributed by atoms with Gasteiger partial charge in [0.15, 0.2) is 0 Å². The zero-order valence-corrected chi connectivity index (χ0v) is 12.7. The van der Waals surface area contributed by atoms with Gasteiger partial charge in [-0.25, -0.2) is 4.39 Å². The lowest BCUT2D eigenvalue weighted by molar-refractivity contribution is -0.116. The van der Waals surface area contributed by atoms with Crippen LogP contribution in [0.15, 0.2) is 46.9 Å². The van der Waals surface area contributed by atoms with Crippen LogP contribution in [0.3, 0.4) is 0 Å². The Hall–Kier alpha value is -2.08. The fraction of sp³-hybridized carbons (Fsp3) is 0.133. The molecule has 0 saturated carbocycles. The molecule has 0 aliphatic carbocycles. The van der Waals surface area contributed by atoms with E-state index in [2.05, 4.69) is 21.2 Å². The predicted molar refractivity (Wildman–Crippen MR) is 83.7 cm³/mol. The molecule has 110 valence electrons. The number of benzene rings is 2. The Morgan fingerprint density at radius 3 is 2.76 bits per heavy atom. The van der Waals surface area contributed by atoms with Gasteiger partial charge in [0, 0.05) is 0 Å². The van der Waals surface area contributed by atoms with Gasteiger partial charge in [-0.1, -0.05) is 12.1 Å². The van der Waals surface area contributed by atoms with E-state index in [0.29, 0.717) is 21.6 Å². The van der Waals surface area contributed by atoms with Crippen LogP contribution in [0.4, 0.5) is 15.8 Å². The first-order valence-corrected chi connectivity index (χ1v) is 7.08. The summed E-state index contributed by atoms with van der Waals surface area (Å²) in [5, 5.41) is 2.70. The minimum Gasteiger partial charge on any atom is -0.492 e. The number of nitrogens with one attached hydrogen (secondary N) is 1. The smallest absolute Gasteiger partial charge is 0.227 e. The number of nitrogen functional groups attached to an aromatic ring is 1. The molecule has 1 amide bonds. The van der Waals surface area contributed by atoms with E-state index in [1.807, 2.05) is 0 Å². The van der Waals surface area contributed by atoms with Crippen molar-refractivity contribution in [2.24, 2.45) is 0 Å². The fourth-order valence-electron chi connectivity index (χ4n) is 1.67. The molecule has 0 aliphatic heterocycles. The lowest BCUT2D eigenvalue weighted by Crippen LogP contribution is -2.16. The third-order valence-corrected chi connectivity index (χ3v) is 3.34. The SMILES string of the molecule is Nc1ccccc1NC(=O)CCOc1ccc(F)cc1Br. The van der Waals surface area contributed by atoms with Gasteiger partial charge < -0.3 is 15.8 Å². The summed E-state index contributed by atoms with van der Waals surface area (Å²) in [5.74, 6) is -0.0684. The number of halogens is 2. The summed E-state index contributed by atoms with van der Waals surface area (Å²) < 4.78 is 18.9. The van der Waals surface area contributed by atoms with E-state index < -0.39 is 0 Å². The normalized spacial score (nSPS) is 10.2. The molecule has 0 bridgehead atoms. The molecular weight excluding hydrogens is 339 g/mol. The standard InChI is InChI=1S/C15H14BrFN2O2/c16-11-9-10(17)5-6-14(11)21-8-7-15(20)19-13-4-2-1-3-12(13)18/h1-6,9H,7-8,18H2,(H,19,20). The van der Waals surface area contributed by atoms with Gasteiger partial charge in [0.25, 0.3) is 0 Å². The molecule has 0 aromatic heterocycles. The van der Waals surface area contributed by atoms with Crippen LogP contribution in [0.2, 0.25) is 0 Å². The summed E-state index contributed by atoms with van der Waals surface area (Å²) in [5.41, 5.74) is 6.82. The summed E-state index contributed by atoms with van der Waals surface area (Å²) in [6.45, 7) is 0.183. The molecule has 0 saturated heterocycles. The van der Waals surface area contributed by atoms with Crippen molar-refractivity contribution in [1.82, 2.24) is 0 Å². The fourth-order valence-corrected chi connectivity index (χ4v) is 2.13. The van der Waals surface area contributed by atoms with Crippen LogP contribution in [-0.4, -0.2) is 12.5 Å². The average Bonchev–Trinajstić information content (AvgIpc) is 2.44. The Kier molecular flexibility index (Phi) is 5.16. The molecule has 6 heteroatoms. The van der Waals surface area contributed by atoms with Crippen LogP contribution in [0.25, 0.3) is 0 Å². The Bertz CT molecular complexity index is 649. The molecule has 0 aliphatic rings. The van der Waals surface area contributed by atoms with E-state index in [1.165, 1.54) is 18.2 Å². The van der Waals surface area contributed by atoms with Gasteiger partial charge in [-0.2, -0.15) is 0 Å². The predicted octanol–water partition coefficient (Wildman–Crippen LogP) is 3.58. The van der Waals surface area contributed by atoms with Gasteiger partial charge in [0.05, 0.1) is 28.9 Å². The summed E-state index contributed by atoms with van der Waals surface area (Å²) in [6.07, 6.45) is 0.165. The van der Waals surface area contributed by atoms with Crippen molar-refractivity contribution in [2.75, 3.05) is 17.7 Å². The van der Waals surface area contributed by atoms with Crippen molar-refractivity contribution in [1.29, 1.82) is 0 Å². The van der Waals surface area contributed by atoms with Gasteiger partial charge in [0.1, 0.15) is 11.6 Å². The maximum absolute atomic E-state index is 12.9. The Balaban J connectivity index is 1.83. The van der Waals surface area contributed by atoms with Crippen molar-refractivity contribution in [2.45, 2.75) is 6.42 Å². The highest BCUT2D eigenvalue weighted by Crippen LogP contribution is 2.25. The zero-order valence-electron chi connectivity index (χ0n) is 11.1. The van der Waals surface area contributed by atoms with Crippen molar-refractivity contribution in [3.8, 4) is 5.75 Å². The number of anilines is 2. The summed E-state index contributed by atoms with van der Waals surface area (Å²) >= 11 is 3.20. The molecule has 0 heterocycles. The number of rotatable bonds is 5. The number of hydrogen-bond acceptors (Lipinski definition) is 3. The van der Waals surface area contributed by atoms with E-state index >= 15 is 0 Å². The highest BCUT2D eigenvalue weighted by molar-refractivity contribution is 9.10. The molecule has 2 aromatic rings. The van der Waals surface area contributed by atoms with E-state index in [-0.39, 0.29) is 24.8 Å². The molecule has 2 aromatic carbocycles. The van der Waals surface area contributed by atoms with Crippen molar-refractivity contribution < 1.29 is 13.9 Å². The first-order valence-electron chi connectivity index (χ1n) is 6.28. The number of carbonyl (C=O) groups is 1. The second kappa shape index (κ2) is 7.08. The number of ether oxygens (including phenoxy) is 1. The lowest BCUT2D eigenvalue weighted by Gasteiger charge is -2.10. The number of carbonyl (C=O) groups excluding carboxylic acids is 1. The molecule has 21 heavy (non-hydrogen) atoms. The van der Waals surface area contributed by atoms with E-state index in [1.54, 1.807) is 24.3 Å². The second-order valence-corrected chi connectivity index (χ2v) is 5.16. The summed E-state index contributed by atoms with van der Waals surface area (Å²) in [6, 6.07) is 11.1. The van der Waals surface area contributed by atoms with Crippen LogP contribution in [-0.2, 0) is 4.79 Å². The first kappa shape index (κ1) is 15.3. The van der Waals surface area contributed by atoms with Crippen LogP contribution in [0.5, 0.6) is 5.75 Å². The van der Waals surface area contributed by atoms with Crippen LogP contribution in [0, 0.1) is 5.82 Å². The molecule has 0 fully saturated rings. The molecule has 0 unspecified atom stereocenters. The van der Waals surface area contributed by atoms with E-state index in [0.717, 1.165) is 0 Å². The Morgan fingerprint density at radius 1 is 1.29 bits per heavy atom. The number of hydrogen-bond donors (Lipinski definition) is 2. The van der Waals surface area contributed by atoms with Gasteiger partial charge >= 0.3 is 0 Å². The van der Waals surface area contributed by atoms with Crippen molar-refractivity contribution >= 4 is 33.2 Å². The average molecular weight is 353 g/mol. The minimum absolute atomic E-state index is 0.165. The van der Waals surface area contributed by atoms with Crippen LogP contribution < -0.4 is 15.8 Å². The molecule has 4 nitrogen and oxygen atoms in total. The van der Waals surface area contributed by atoms with Gasteiger partial charge in [-0.05, 0) is 46.3 Å². The monoisotopic (exact) mass is 352 g/mol. The summed E-state index contributed by atoms with van der Waals surface area (Å²) in [7, 11) is 0. The maximum Gasteiger partial charge on any atom is 0.227 e. The second-order valence-electron chi connectivity index (χ2n) is 4.31. The van der Waals surface area contributed by atoms with E-state index in [9.17, 15) is 9.18 Å².